The maximum absolute atomic E-state index is 13.2. The molecule has 0 aromatic heterocycles. The summed E-state index contributed by atoms with van der Waals surface area (Å²) >= 11 is 0. The number of carbonyl (C=O) groups excluding carboxylic acids is 1. The van der Waals surface area contributed by atoms with Gasteiger partial charge in [0.15, 0.2) is 0 Å². The van der Waals surface area contributed by atoms with E-state index in [9.17, 15) is 9.18 Å². The monoisotopic (exact) mass is 343 g/mol. The van der Waals surface area contributed by atoms with E-state index in [0.717, 1.165) is 11.3 Å². The van der Waals surface area contributed by atoms with Crippen molar-refractivity contribution < 1.29 is 9.18 Å². The van der Waals surface area contributed by atoms with Gasteiger partial charge in [-0.1, -0.05) is 13.8 Å². The van der Waals surface area contributed by atoms with Crippen LogP contribution < -0.4 is 10.6 Å². The number of nitrogen functional groups attached to an aromatic ring is 1. The molecule has 0 unspecified atom stereocenters. The van der Waals surface area contributed by atoms with E-state index in [0.29, 0.717) is 30.3 Å². The molecule has 0 bridgehead atoms. The van der Waals surface area contributed by atoms with E-state index in [1.165, 1.54) is 24.3 Å². The Morgan fingerprint density at radius 3 is 2.32 bits per heavy atom. The molecular weight excluding hydrogens is 317 g/mol. The highest BCUT2D eigenvalue weighted by molar-refractivity contribution is 5.94. The highest BCUT2D eigenvalue weighted by Gasteiger charge is 2.19. The van der Waals surface area contributed by atoms with Crippen molar-refractivity contribution in [3.63, 3.8) is 0 Å². The zero-order valence-corrected chi connectivity index (χ0v) is 15.3. The van der Waals surface area contributed by atoms with Gasteiger partial charge < -0.3 is 15.5 Å². The third-order valence-corrected chi connectivity index (χ3v) is 3.91. The molecule has 134 valence electrons. The van der Waals surface area contributed by atoms with Crippen LogP contribution in [0, 0.1) is 11.7 Å². The van der Waals surface area contributed by atoms with Gasteiger partial charge in [0.05, 0.1) is 0 Å². The Bertz CT molecular complexity index is 726. The smallest absolute Gasteiger partial charge is 0.254 e. The Kier molecular flexibility index (Phi) is 6.02. The van der Waals surface area contributed by atoms with E-state index in [2.05, 4.69) is 13.8 Å². The van der Waals surface area contributed by atoms with Gasteiger partial charge in [-0.25, -0.2) is 4.39 Å². The lowest BCUT2D eigenvalue weighted by molar-refractivity contribution is 0.0723. The number of halogens is 1. The first-order chi connectivity index (χ1) is 11.8. The van der Waals surface area contributed by atoms with Gasteiger partial charge in [-0.3, -0.25) is 4.79 Å². The number of hydrogen-bond acceptors (Lipinski definition) is 3. The third-order valence-electron chi connectivity index (χ3n) is 3.91. The van der Waals surface area contributed by atoms with Crippen molar-refractivity contribution in [1.29, 1.82) is 0 Å². The minimum atomic E-state index is -0.349. The van der Waals surface area contributed by atoms with Gasteiger partial charge in [0, 0.05) is 44.1 Å². The van der Waals surface area contributed by atoms with Crippen molar-refractivity contribution in [3.8, 4) is 0 Å². The van der Waals surface area contributed by atoms with E-state index < -0.39 is 0 Å². The molecule has 2 rings (SSSR count). The summed E-state index contributed by atoms with van der Waals surface area (Å²) in [5.41, 5.74) is 9.10. The predicted octanol–water partition coefficient (Wildman–Crippen LogP) is 3.77. The van der Waals surface area contributed by atoms with Crippen LogP contribution in [-0.2, 0) is 6.54 Å². The van der Waals surface area contributed by atoms with Crippen molar-refractivity contribution in [2.24, 2.45) is 5.92 Å². The maximum Gasteiger partial charge on any atom is 0.254 e. The second-order valence-corrected chi connectivity index (χ2v) is 6.87. The first-order valence-corrected chi connectivity index (χ1v) is 8.38. The Labute approximate surface area is 149 Å². The normalized spacial score (nSPS) is 10.8. The van der Waals surface area contributed by atoms with Gasteiger partial charge >= 0.3 is 0 Å². The number of carbonyl (C=O) groups is 1. The van der Waals surface area contributed by atoms with Crippen LogP contribution in [0.5, 0.6) is 0 Å². The minimum Gasteiger partial charge on any atom is -0.399 e. The lowest BCUT2D eigenvalue weighted by Crippen LogP contribution is -2.34. The van der Waals surface area contributed by atoms with Crippen molar-refractivity contribution >= 4 is 17.3 Å². The lowest BCUT2D eigenvalue weighted by Gasteiger charge is -2.27. The van der Waals surface area contributed by atoms with Crippen LogP contribution in [0.15, 0.2) is 42.5 Å². The van der Waals surface area contributed by atoms with E-state index in [1.54, 1.807) is 4.90 Å². The van der Waals surface area contributed by atoms with Crippen molar-refractivity contribution in [1.82, 2.24) is 4.90 Å². The predicted molar refractivity (Wildman–Crippen MR) is 101 cm³/mol. The molecular formula is C20H26FN3O. The number of anilines is 2. The number of amides is 1. The molecule has 0 radical (unpaired) electrons. The minimum absolute atomic E-state index is 0.110. The summed E-state index contributed by atoms with van der Waals surface area (Å²) in [4.78, 5) is 16.7. The van der Waals surface area contributed by atoms with Gasteiger partial charge in [-0.15, -0.1) is 0 Å². The van der Waals surface area contributed by atoms with Crippen LogP contribution in [0.1, 0.15) is 29.8 Å². The summed E-state index contributed by atoms with van der Waals surface area (Å²) in [5, 5.41) is 0. The van der Waals surface area contributed by atoms with Crippen LogP contribution in [0.25, 0.3) is 0 Å². The fourth-order valence-corrected chi connectivity index (χ4v) is 2.81. The number of nitrogens with zero attached hydrogens (tertiary/aromatic N) is 2. The molecule has 0 aliphatic heterocycles. The van der Waals surface area contributed by atoms with Crippen LogP contribution in [0.4, 0.5) is 15.8 Å². The van der Waals surface area contributed by atoms with Gasteiger partial charge in [-0.05, 0) is 53.9 Å². The molecule has 0 atom stereocenters. The molecule has 0 saturated heterocycles. The van der Waals surface area contributed by atoms with Gasteiger partial charge in [0.1, 0.15) is 5.82 Å². The van der Waals surface area contributed by atoms with Crippen LogP contribution in [-0.4, -0.2) is 31.4 Å². The van der Waals surface area contributed by atoms with Crippen LogP contribution in [0.3, 0.4) is 0 Å². The zero-order valence-electron chi connectivity index (χ0n) is 15.3. The highest BCUT2D eigenvalue weighted by atomic mass is 19.1. The van der Waals surface area contributed by atoms with Crippen molar-refractivity contribution in [2.75, 3.05) is 31.3 Å². The Morgan fingerprint density at radius 1 is 1.12 bits per heavy atom. The molecule has 0 spiro atoms. The number of benzene rings is 2. The summed E-state index contributed by atoms with van der Waals surface area (Å²) in [6, 6.07) is 11.4. The van der Waals surface area contributed by atoms with E-state index in [1.807, 2.05) is 37.2 Å². The maximum atomic E-state index is 13.2. The van der Waals surface area contributed by atoms with E-state index in [-0.39, 0.29) is 11.7 Å². The summed E-state index contributed by atoms with van der Waals surface area (Å²) in [6.45, 7) is 5.19. The molecule has 2 aromatic rings. The molecule has 25 heavy (non-hydrogen) atoms. The highest BCUT2D eigenvalue weighted by Crippen LogP contribution is 2.24. The van der Waals surface area contributed by atoms with Gasteiger partial charge in [0.2, 0.25) is 0 Å². The largest absolute Gasteiger partial charge is 0.399 e. The molecule has 2 aromatic carbocycles. The van der Waals surface area contributed by atoms with E-state index >= 15 is 0 Å². The van der Waals surface area contributed by atoms with E-state index in [4.69, 9.17) is 5.73 Å². The summed E-state index contributed by atoms with van der Waals surface area (Å²) in [7, 11) is 3.92. The number of hydrogen-bond donors (Lipinski definition) is 1. The van der Waals surface area contributed by atoms with Crippen LogP contribution >= 0.6 is 0 Å². The average Bonchev–Trinajstić information content (AvgIpc) is 2.53. The summed E-state index contributed by atoms with van der Waals surface area (Å²) in [5.74, 6) is -0.146. The third kappa shape index (κ3) is 4.95. The Morgan fingerprint density at radius 2 is 1.76 bits per heavy atom. The molecule has 2 N–H and O–H groups in total. The van der Waals surface area contributed by atoms with Gasteiger partial charge in [-0.2, -0.15) is 0 Å². The summed E-state index contributed by atoms with van der Waals surface area (Å²) < 4.78 is 13.2. The summed E-state index contributed by atoms with van der Waals surface area (Å²) in [6.07, 6.45) is 0. The molecule has 5 heteroatoms. The first-order valence-electron chi connectivity index (χ1n) is 8.38. The molecule has 0 aliphatic rings. The zero-order chi connectivity index (χ0) is 18.6. The van der Waals surface area contributed by atoms with Gasteiger partial charge in [0.25, 0.3) is 5.91 Å². The van der Waals surface area contributed by atoms with Crippen molar-refractivity contribution in [3.05, 3.63) is 59.4 Å². The molecule has 0 saturated carbocycles. The first kappa shape index (κ1) is 18.8. The Balaban J connectivity index is 2.34. The Hall–Kier alpha value is -2.56. The topological polar surface area (TPSA) is 49.6 Å². The fourth-order valence-electron chi connectivity index (χ4n) is 2.81. The van der Waals surface area contributed by atoms with Crippen LogP contribution in [0.2, 0.25) is 0 Å². The molecule has 0 fully saturated rings. The molecule has 0 aliphatic carbocycles. The molecule has 0 heterocycles. The second kappa shape index (κ2) is 8.01. The SMILES string of the molecule is CC(C)CN(Cc1cc(N)ccc1N(C)C)C(=O)c1ccc(F)cc1. The standard InChI is InChI=1S/C20H26FN3O/c1-14(2)12-24(20(25)15-5-7-17(21)8-6-15)13-16-11-18(22)9-10-19(16)23(3)4/h5-11,14H,12-13,22H2,1-4H3. The lowest BCUT2D eigenvalue weighted by atomic mass is 10.1. The average molecular weight is 343 g/mol. The second-order valence-electron chi connectivity index (χ2n) is 6.87. The van der Waals surface area contributed by atoms with Crippen molar-refractivity contribution in [2.45, 2.75) is 20.4 Å². The number of rotatable bonds is 6. The fraction of sp³-hybridized carbons (Fsp3) is 0.350. The molecule has 1 amide bonds. The quantitative estimate of drug-likeness (QED) is 0.812. The number of nitrogens with two attached hydrogens (primary N) is 1. The molecule has 4 nitrogen and oxygen atoms in total.